The van der Waals surface area contributed by atoms with Gasteiger partial charge in [0.05, 0.1) is 6.61 Å². The monoisotopic (exact) mass is 436 g/mol. The molecule has 0 aromatic heterocycles. The SMILES string of the molecule is COCCNC(=O)c1c(F)c(F)c(N)c(F)c1F.NC1/C=C/CCCCC1.NC=O. The number of nitrogen functional groups attached to an aromatic ring is 1. The van der Waals surface area contributed by atoms with Crippen molar-refractivity contribution in [2.75, 3.05) is 26.0 Å². The first-order valence-corrected chi connectivity index (χ1v) is 9.18. The number of hydrogen-bond donors (Lipinski definition) is 4. The fraction of sp³-hybridized carbons (Fsp3) is 0.474. The van der Waals surface area contributed by atoms with Crippen LogP contribution in [-0.4, -0.2) is 38.6 Å². The second kappa shape index (κ2) is 15.2. The first-order chi connectivity index (χ1) is 14.2. The van der Waals surface area contributed by atoms with Crippen molar-refractivity contribution in [3.8, 4) is 0 Å². The average Bonchev–Trinajstić information content (AvgIpc) is 2.69. The third kappa shape index (κ3) is 9.23. The Morgan fingerprint density at radius 3 is 2.27 bits per heavy atom. The highest BCUT2D eigenvalue weighted by atomic mass is 19.2. The Balaban J connectivity index is 0.000000581. The van der Waals surface area contributed by atoms with Gasteiger partial charge in [-0.15, -0.1) is 0 Å². The summed E-state index contributed by atoms with van der Waals surface area (Å²) in [6.45, 7) is 0.0107. The summed E-state index contributed by atoms with van der Waals surface area (Å²) in [6, 6.07) is 0.338. The Bertz CT molecular complexity index is 689. The van der Waals surface area contributed by atoms with Gasteiger partial charge in [0.1, 0.15) is 11.3 Å². The molecule has 1 aromatic carbocycles. The van der Waals surface area contributed by atoms with Crippen LogP contribution in [0.3, 0.4) is 0 Å². The van der Waals surface area contributed by atoms with E-state index >= 15 is 0 Å². The molecule has 1 aromatic rings. The molecular weight excluding hydrogens is 408 g/mol. The van der Waals surface area contributed by atoms with Crippen LogP contribution in [0.4, 0.5) is 23.2 Å². The number of carbonyl (C=O) groups excluding carboxylic acids is 2. The minimum absolute atomic E-state index is 0.0676. The highest BCUT2D eigenvalue weighted by Crippen LogP contribution is 2.25. The molecule has 0 spiro atoms. The number of rotatable bonds is 4. The topological polar surface area (TPSA) is 133 Å². The van der Waals surface area contributed by atoms with Crippen LogP contribution in [-0.2, 0) is 9.53 Å². The normalized spacial score (nSPS) is 16.5. The van der Waals surface area contributed by atoms with E-state index in [0.29, 0.717) is 6.04 Å². The summed E-state index contributed by atoms with van der Waals surface area (Å²) < 4.78 is 57.3. The third-order valence-electron chi connectivity index (χ3n) is 3.91. The molecule has 1 aliphatic carbocycles. The minimum atomic E-state index is -1.83. The number of carbonyl (C=O) groups is 2. The molecule has 0 fully saturated rings. The van der Waals surface area contributed by atoms with Crippen LogP contribution in [0.1, 0.15) is 42.5 Å². The molecule has 11 heteroatoms. The Hall–Kier alpha value is -2.66. The van der Waals surface area contributed by atoms with Gasteiger partial charge in [0, 0.05) is 19.7 Å². The van der Waals surface area contributed by atoms with Crippen molar-refractivity contribution in [1.82, 2.24) is 5.32 Å². The number of ether oxygens (including phenoxy) is 1. The molecule has 0 aliphatic heterocycles. The van der Waals surface area contributed by atoms with Crippen molar-refractivity contribution >= 4 is 18.0 Å². The maximum absolute atomic E-state index is 13.3. The van der Waals surface area contributed by atoms with Crippen LogP contribution in [0.5, 0.6) is 0 Å². The standard InChI is InChI=1S/C10H10F4N2O2.C8H15N.CH3NO/c1-18-3-2-16-10(17)4-5(11)7(13)9(15)8(14)6(4)12;9-8-6-4-2-1-3-5-7-8;2-1-3/h2-3,15H2,1H3,(H,16,17);4,6,8H,1-3,5,7,9H2;1H,(H2,2,3)/b;6-4+;. The second-order valence-corrected chi connectivity index (χ2v) is 6.16. The molecule has 7 nitrogen and oxygen atoms in total. The number of halogens is 4. The molecule has 1 unspecified atom stereocenters. The Labute approximate surface area is 172 Å². The van der Waals surface area contributed by atoms with Gasteiger partial charge in [-0.2, -0.15) is 0 Å². The van der Waals surface area contributed by atoms with Crippen LogP contribution in [0.2, 0.25) is 0 Å². The van der Waals surface area contributed by atoms with Gasteiger partial charge < -0.3 is 27.3 Å². The smallest absolute Gasteiger partial charge is 0.257 e. The fourth-order valence-electron chi connectivity index (χ4n) is 2.39. The van der Waals surface area contributed by atoms with Crippen LogP contribution in [0, 0.1) is 23.3 Å². The summed E-state index contributed by atoms with van der Waals surface area (Å²) in [7, 11) is 1.34. The van der Waals surface area contributed by atoms with E-state index in [9.17, 15) is 22.4 Å². The second-order valence-electron chi connectivity index (χ2n) is 6.16. The molecule has 0 saturated heterocycles. The highest BCUT2D eigenvalue weighted by molar-refractivity contribution is 5.95. The van der Waals surface area contributed by atoms with Gasteiger partial charge in [-0.3, -0.25) is 9.59 Å². The summed E-state index contributed by atoms with van der Waals surface area (Å²) in [4.78, 5) is 19.9. The zero-order valence-corrected chi connectivity index (χ0v) is 16.7. The number of nitrogens with one attached hydrogen (secondary N) is 1. The van der Waals surface area contributed by atoms with Crippen molar-refractivity contribution in [3.05, 3.63) is 41.0 Å². The van der Waals surface area contributed by atoms with Gasteiger partial charge in [-0.1, -0.05) is 25.0 Å². The zero-order valence-electron chi connectivity index (χ0n) is 16.7. The van der Waals surface area contributed by atoms with Crippen LogP contribution in [0.25, 0.3) is 0 Å². The number of methoxy groups -OCH3 is 1. The number of benzene rings is 1. The van der Waals surface area contributed by atoms with Crippen molar-refractivity contribution in [2.24, 2.45) is 11.5 Å². The highest BCUT2D eigenvalue weighted by Gasteiger charge is 2.27. The first-order valence-electron chi connectivity index (χ1n) is 9.18. The summed E-state index contributed by atoms with van der Waals surface area (Å²) in [5.41, 5.74) is 12.0. The molecular formula is C19H28F4N4O3. The molecule has 2 amide bonds. The maximum atomic E-state index is 13.3. The van der Waals surface area contributed by atoms with E-state index in [2.05, 4.69) is 22.6 Å². The van der Waals surface area contributed by atoms with Crippen molar-refractivity contribution in [1.29, 1.82) is 0 Å². The molecule has 2 rings (SSSR count). The van der Waals surface area contributed by atoms with Gasteiger partial charge in [0.2, 0.25) is 6.41 Å². The summed E-state index contributed by atoms with van der Waals surface area (Å²) in [5, 5.41) is 2.04. The van der Waals surface area contributed by atoms with Gasteiger partial charge >= 0.3 is 0 Å². The Morgan fingerprint density at radius 1 is 1.17 bits per heavy atom. The lowest BCUT2D eigenvalue weighted by Crippen LogP contribution is -2.29. The molecule has 1 atom stereocenters. The molecule has 170 valence electrons. The lowest BCUT2D eigenvalue weighted by atomic mass is 10.0. The average molecular weight is 436 g/mol. The zero-order chi connectivity index (χ0) is 23.1. The van der Waals surface area contributed by atoms with Crippen molar-refractivity contribution < 1.29 is 31.9 Å². The van der Waals surface area contributed by atoms with Gasteiger partial charge in [0.15, 0.2) is 23.3 Å². The van der Waals surface area contributed by atoms with Crippen LogP contribution in [0.15, 0.2) is 12.2 Å². The first kappa shape index (κ1) is 27.3. The van der Waals surface area contributed by atoms with E-state index in [1.807, 2.05) is 5.32 Å². The molecule has 1 aliphatic rings. The number of hydrogen-bond acceptors (Lipinski definition) is 5. The minimum Gasteiger partial charge on any atom is -0.394 e. The fourth-order valence-corrected chi connectivity index (χ4v) is 2.39. The predicted molar refractivity (Wildman–Crippen MR) is 105 cm³/mol. The van der Waals surface area contributed by atoms with Crippen LogP contribution >= 0.6 is 0 Å². The molecule has 0 heterocycles. The number of primary amides is 1. The van der Waals surface area contributed by atoms with Gasteiger partial charge in [0.25, 0.3) is 5.91 Å². The quantitative estimate of drug-likeness (QED) is 0.143. The summed E-state index contributed by atoms with van der Waals surface area (Å²) >= 11 is 0. The van der Waals surface area contributed by atoms with E-state index < -0.39 is 40.4 Å². The van der Waals surface area contributed by atoms with E-state index in [0.717, 1.165) is 0 Å². The number of amides is 2. The van der Waals surface area contributed by atoms with Crippen molar-refractivity contribution in [2.45, 2.75) is 38.1 Å². The number of nitrogens with two attached hydrogens (primary N) is 3. The summed E-state index contributed by atoms with van der Waals surface area (Å²) in [5.74, 6) is -8.56. The molecule has 0 saturated carbocycles. The van der Waals surface area contributed by atoms with E-state index in [1.165, 1.54) is 39.2 Å². The predicted octanol–water partition coefficient (Wildman–Crippen LogP) is 2.14. The van der Waals surface area contributed by atoms with Crippen LogP contribution < -0.4 is 22.5 Å². The largest absolute Gasteiger partial charge is 0.394 e. The molecule has 0 bridgehead atoms. The molecule has 30 heavy (non-hydrogen) atoms. The Morgan fingerprint density at radius 2 is 1.73 bits per heavy atom. The number of anilines is 1. The van der Waals surface area contributed by atoms with E-state index in [4.69, 9.17) is 16.3 Å². The maximum Gasteiger partial charge on any atom is 0.257 e. The lowest BCUT2D eigenvalue weighted by Gasteiger charge is -2.09. The molecule has 7 N–H and O–H groups in total. The van der Waals surface area contributed by atoms with E-state index in [1.54, 1.807) is 0 Å². The van der Waals surface area contributed by atoms with Gasteiger partial charge in [-0.05, 0) is 19.3 Å². The van der Waals surface area contributed by atoms with E-state index in [-0.39, 0.29) is 19.6 Å². The van der Waals surface area contributed by atoms with Crippen molar-refractivity contribution in [3.63, 3.8) is 0 Å². The lowest BCUT2D eigenvalue weighted by molar-refractivity contribution is -0.106. The third-order valence-corrected chi connectivity index (χ3v) is 3.91. The number of allylic oxidation sites excluding steroid dienone is 1. The Kier molecular flexibility index (Phi) is 13.9. The molecule has 0 radical (unpaired) electrons. The summed E-state index contributed by atoms with van der Waals surface area (Å²) in [6.07, 6.45) is 11.0. The van der Waals surface area contributed by atoms with Gasteiger partial charge in [-0.25, -0.2) is 17.6 Å².